The predicted molar refractivity (Wildman–Crippen MR) is 80.4 cm³/mol. The number of thiophene rings is 1. The number of rotatable bonds is 6. The van der Waals surface area contributed by atoms with Gasteiger partial charge in [0.1, 0.15) is 0 Å². The Morgan fingerprint density at radius 1 is 1.27 bits per heavy atom. The Labute approximate surface area is 130 Å². The second-order valence-electron chi connectivity index (χ2n) is 4.63. The van der Waals surface area contributed by atoms with E-state index in [2.05, 4.69) is 0 Å². The number of ether oxygens (including phenoxy) is 2. The Hall–Kier alpha value is -1.93. The van der Waals surface area contributed by atoms with Crippen molar-refractivity contribution in [2.24, 2.45) is 5.84 Å². The lowest BCUT2D eigenvalue weighted by Crippen LogP contribution is -2.31. The van der Waals surface area contributed by atoms with E-state index in [1.807, 2.05) is 5.43 Å². The summed E-state index contributed by atoms with van der Waals surface area (Å²) in [5.41, 5.74) is 1.84. The molecule has 0 fully saturated rings. The SMILES string of the molecule is COc1cc2cc(C(F)(F)CCC(=O)NN)sc2cc1OC. The van der Waals surface area contributed by atoms with Crippen molar-refractivity contribution in [1.82, 2.24) is 5.43 Å². The van der Waals surface area contributed by atoms with Gasteiger partial charge in [-0.2, -0.15) is 0 Å². The van der Waals surface area contributed by atoms with Gasteiger partial charge in [0.2, 0.25) is 5.91 Å². The van der Waals surface area contributed by atoms with Crippen LogP contribution in [0.25, 0.3) is 10.1 Å². The van der Waals surface area contributed by atoms with Crippen LogP contribution in [0.2, 0.25) is 0 Å². The van der Waals surface area contributed by atoms with Crippen LogP contribution in [0.1, 0.15) is 17.7 Å². The highest BCUT2D eigenvalue weighted by atomic mass is 32.1. The number of hydrogen-bond acceptors (Lipinski definition) is 5. The summed E-state index contributed by atoms with van der Waals surface area (Å²) in [7, 11) is 2.97. The van der Waals surface area contributed by atoms with E-state index >= 15 is 0 Å². The van der Waals surface area contributed by atoms with E-state index in [1.165, 1.54) is 20.3 Å². The number of nitrogens with one attached hydrogen (secondary N) is 1. The van der Waals surface area contributed by atoms with Gasteiger partial charge in [0.25, 0.3) is 5.92 Å². The number of hydrazine groups is 1. The van der Waals surface area contributed by atoms with E-state index in [1.54, 1.807) is 12.1 Å². The summed E-state index contributed by atoms with van der Waals surface area (Å²) in [4.78, 5) is 10.9. The second kappa shape index (κ2) is 6.45. The molecule has 120 valence electrons. The summed E-state index contributed by atoms with van der Waals surface area (Å²) in [5.74, 6) is 2.13. The third-order valence-corrected chi connectivity index (χ3v) is 4.42. The molecule has 0 bridgehead atoms. The molecule has 0 aliphatic rings. The molecule has 0 unspecified atom stereocenters. The van der Waals surface area contributed by atoms with Crippen molar-refractivity contribution in [3.8, 4) is 11.5 Å². The van der Waals surface area contributed by atoms with Crippen LogP contribution in [0.4, 0.5) is 8.78 Å². The Kier molecular flexibility index (Phi) is 4.82. The lowest BCUT2D eigenvalue weighted by molar-refractivity contribution is -0.123. The highest BCUT2D eigenvalue weighted by molar-refractivity contribution is 7.19. The molecular formula is C14H16F2N2O3S. The van der Waals surface area contributed by atoms with Crippen molar-refractivity contribution in [3.05, 3.63) is 23.1 Å². The molecule has 1 heterocycles. The fourth-order valence-electron chi connectivity index (χ4n) is 2.01. The van der Waals surface area contributed by atoms with Gasteiger partial charge in [-0.15, -0.1) is 11.3 Å². The van der Waals surface area contributed by atoms with Gasteiger partial charge in [-0.3, -0.25) is 10.2 Å². The maximum atomic E-state index is 14.2. The van der Waals surface area contributed by atoms with Crippen molar-refractivity contribution < 1.29 is 23.0 Å². The van der Waals surface area contributed by atoms with E-state index in [0.29, 0.717) is 21.6 Å². The first-order chi connectivity index (χ1) is 10.4. The molecule has 0 aliphatic carbocycles. The van der Waals surface area contributed by atoms with E-state index in [9.17, 15) is 13.6 Å². The minimum atomic E-state index is -3.10. The van der Waals surface area contributed by atoms with E-state index in [4.69, 9.17) is 15.3 Å². The van der Waals surface area contributed by atoms with Crippen LogP contribution in [0.5, 0.6) is 11.5 Å². The Balaban J connectivity index is 2.33. The zero-order valence-corrected chi connectivity index (χ0v) is 12.9. The first-order valence-electron chi connectivity index (χ1n) is 6.44. The van der Waals surface area contributed by atoms with Gasteiger partial charge in [0.05, 0.1) is 19.1 Å². The fraction of sp³-hybridized carbons (Fsp3) is 0.357. The van der Waals surface area contributed by atoms with Gasteiger partial charge in [-0.1, -0.05) is 0 Å². The van der Waals surface area contributed by atoms with E-state index < -0.39 is 18.3 Å². The zero-order valence-electron chi connectivity index (χ0n) is 12.1. The number of benzene rings is 1. The number of nitrogens with two attached hydrogens (primary N) is 1. The van der Waals surface area contributed by atoms with Crippen molar-refractivity contribution in [1.29, 1.82) is 0 Å². The number of carbonyl (C=O) groups excluding carboxylic acids is 1. The van der Waals surface area contributed by atoms with E-state index in [-0.39, 0.29) is 11.3 Å². The van der Waals surface area contributed by atoms with Gasteiger partial charge in [0.15, 0.2) is 11.5 Å². The van der Waals surface area contributed by atoms with Crippen LogP contribution in [-0.4, -0.2) is 20.1 Å². The Morgan fingerprint density at radius 2 is 1.91 bits per heavy atom. The molecule has 3 N–H and O–H groups in total. The first-order valence-corrected chi connectivity index (χ1v) is 7.26. The number of methoxy groups -OCH3 is 2. The number of hydrogen-bond donors (Lipinski definition) is 2. The van der Waals surface area contributed by atoms with Crippen LogP contribution >= 0.6 is 11.3 Å². The van der Waals surface area contributed by atoms with Gasteiger partial charge in [0, 0.05) is 23.6 Å². The van der Waals surface area contributed by atoms with E-state index in [0.717, 1.165) is 11.3 Å². The topological polar surface area (TPSA) is 73.6 Å². The molecule has 1 aromatic carbocycles. The average Bonchev–Trinajstić information content (AvgIpc) is 2.94. The molecule has 22 heavy (non-hydrogen) atoms. The number of halogens is 2. The van der Waals surface area contributed by atoms with Crippen LogP contribution in [0.3, 0.4) is 0 Å². The van der Waals surface area contributed by atoms with Crippen molar-refractivity contribution in [2.45, 2.75) is 18.8 Å². The highest BCUT2D eigenvalue weighted by Gasteiger charge is 2.34. The van der Waals surface area contributed by atoms with Gasteiger partial charge < -0.3 is 9.47 Å². The largest absolute Gasteiger partial charge is 0.493 e. The lowest BCUT2D eigenvalue weighted by atomic mass is 10.1. The van der Waals surface area contributed by atoms with Crippen molar-refractivity contribution >= 4 is 27.3 Å². The quantitative estimate of drug-likeness (QED) is 0.485. The Bertz CT molecular complexity index is 647. The average molecular weight is 330 g/mol. The summed E-state index contributed by atoms with van der Waals surface area (Å²) >= 11 is 0.964. The first kappa shape index (κ1) is 16.4. The summed E-state index contributed by atoms with van der Waals surface area (Å²) in [6.45, 7) is 0. The molecule has 1 aromatic heterocycles. The molecule has 8 heteroatoms. The highest BCUT2D eigenvalue weighted by Crippen LogP contribution is 2.43. The molecule has 2 aromatic rings. The zero-order chi connectivity index (χ0) is 16.3. The fourth-order valence-corrected chi connectivity index (χ4v) is 3.09. The van der Waals surface area contributed by atoms with Crippen LogP contribution in [0, 0.1) is 0 Å². The lowest BCUT2D eigenvalue weighted by Gasteiger charge is -2.13. The normalized spacial score (nSPS) is 11.5. The van der Waals surface area contributed by atoms with Gasteiger partial charge in [-0.25, -0.2) is 14.6 Å². The predicted octanol–water partition coefficient (Wildman–Crippen LogP) is 2.78. The molecule has 5 nitrogen and oxygen atoms in total. The van der Waals surface area contributed by atoms with Crippen molar-refractivity contribution in [3.63, 3.8) is 0 Å². The number of alkyl halides is 2. The molecular weight excluding hydrogens is 314 g/mol. The minimum Gasteiger partial charge on any atom is -0.493 e. The molecule has 0 radical (unpaired) electrons. The summed E-state index contributed by atoms with van der Waals surface area (Å²) in [6, 6.07) is 4.71. The molecule has 2 rings (SSSR count). The standard InChI is InChI=1S/C14H16F2N2O3S/c1-20-9-5-8-6-12(22-11(8)7-10(9)21-2)14(15,16)4-3-13(19)18-17/h5-7H,3-4,17H2,1-2H3,(H,18,19). The second-order valence-corrected chi connectivity index (χ2v) is 5.71. The monoisotopic (exact) mass is 330 g/mol. The third-order valence-electron chi connectivity index (χ3n) is 3.21. The molecule has 0 saturated heterocycles. The number of amides is 1. The summed E-state index contributed by atoms with van der Waals surface area (Å²) in [6.07, 6.45) is -0.943. The smallest absolute Gasteiger partial charge is 0.282 e. The third kappa shape index (κ3) is 3.28. The Morgan fingerprint density at radius 3 is 2.50 bits per heavy atom. The maximum absolute atomic E-state index is 14.2. The van der Waals surface area contributed by atoms with Gasteiger partial charge >= 0.3 is 0 Å². The summed E-state index contributed by atoms with van der Waals surface area (Å²) in [5, 5.41) is 0.639. The molecule has 0 aliphatic heterocycles. The van der Waals surface area contributed by atoms with Gasteiger partial charge in [-0.05, 0) is 17.5 Å². The van der Waals surface area contributed by atoms with Crippen LogP contribution in [-0.2, 0) is 10.7 Å². The van der Waals surface area contributed by atoms with Crippen LogP contribution in [0.15, 0.2) is 18.2 Å². The maximum Gasteiger partial charge on any atom is 0.282 e. The minimum absolute atomic E-state index is 0.109. The number of carbonyl (C=O) groups is 1. The van der Waals surface area contributed by atoms with Crippen LogP contribution < -0.4 is 20.7 Å². The molecule has 0 saturated carbocycles. The number of fused-ring (bicyclic) bond motifs is 1. The molecule has 1 amide bonds. The molecule has 0 spiro atoms. The van der Waals surface area contributed by atoms with Crippen molar-refractivity contribution in [2.75, 3.05) is 14.2 Å². The molecule has 0 atom stereocenters. The summed E-state index contributed by atoms with van der Waals surface area (Å²) < 4.78 is 39.3.